The molecule has 0 aliphatic rings. The summed E-state index contributed by atoms with van der Waals surface area (Å²) in [7, 11) is 0. The van der Waals surface area contributed by atoms with E-state index < -0.39 is 0 Å². The molecule has 0 bridgehead atoms. The maximum absolute atomic E-state index is 8.40. The highest BCUT2D eigenvalue weighted by atomic mass is 32.2. The molecule has 0 saturated heterocycles. The zero-order chi connectivity index (χ0) is 11.9. The summed E-state index contributed by atoms with van der Waals surface area (Å²) in [6.07, 6.45) is 4.75. The minimum absolute atomic E-state index is 0.473. The van der Waals surface area contributed by atoms with Gasteiger partial charge >= 0.3 is 0 Å². The highest BCUT2D eigenvalue weighted by Gasteiger charge is 2.08. The zero-order valence-corrected chi connectivity index (χ0v) is 9.85. The highest BCUT2D eigenvalue weighted by molar-refractivity contribution is 7.99. The molecule has 5 nitrogen and oxygen atoms in total. The van der Waals surface area contributed by atoms with E-state index in [1.807, 2.05) is 12.1 Å². The van der Waals surface area contributed by atoms with Crippen LogP contribution in [0.25, 0.3) is 11.5 Å². The smallest absolute Gasteiger partial charge is 0.276 e. The molecule has 0 aromatic carbocycles. The van der Waals surface area contributed by atoms with Crippen molar-refractivity contribution >= 4 is 11.8 Å². The Balaban J connectivity index is 1.95. The van der Waals surface area contributed by atoms with E-state index in [2.05, 4.69) is 21.3 Å². The Morgan fingerprint density at radius 3 is 3.12 bits per heavy atom. The molecule has 0 fully saturated rings. The summed E-state index contributed by atoms with van der Waals surface area (Å²) in [5.41, 5.74) is 0.809. The zero-order valence-electron chi connectivity index (χ0n) is 9.04. The fourth-order valence-corrected chi connectivity index (χ4v) is 1.88. The summed E-state index contributed by atoms with van der Waals surface area (Å²) in [5, 5.41) is 16.8. The lowest BCUT2D eigenvalue weighted by molar-refractivity contribution is 0.465. The lowest BCUT2D eigenvalue weighted by Crippen LogP contribution is -1.78. The van der Waals surface area contributed by atoms with Gasteiger partial charge in [0.2, 0.25) is 5.89 Å². The van der Waals surface area contributed by atoms with Crippen molar-refractivity contribution in [3.05, 3.63) is 24.5 Å². The fraction of sp³-hybridized carbons (Fsp3) is 0.273. The molecule has 0 aliphatic carbocycles. The number of hydrogen-bond acceptors (Lipinski definition) is 6. The van der Waals surface area contributed by atoms with Crippen LogP contribution in [0, 0.1) is 11.3 Å². The Labute approximate surface area is 103 Å². The third-order valence-corrected chi connectivity index (χ3v) is 2.88. The van der Waals surface area contributed by atoms with Crippen molar-refractivity contribution < 1.29 is 4.42 Å². The van der Waals surface area contributed by atoms with Crippen molar-refractivity contribution in [1.29, 1.82) is 5.26 Å². The molecule has 2 aromatic rings. The molecule has 0 radical (unpaired) electrons. The summed E-state index contributed by atoms with van der Waals surface area (Å²) in [4.78, 5) is 3.99. The van der Waals surface area contributed by atoms with Gasteiger partial charge in [-0.3, -0.25) is 4.98 Å². The fourth-order valence-electron chi connectivity index (χ4n) is 1.18. The van der Waals surface area contributed by atoms with Crippen LogP contribution in [0.5, 0.6) is 0 Å². The topological polar surface area (TPSA) is 75.6 Å². The van der Waals surface area contributed by atoms with E-state index in [-0.39, 0.29) is 0 Å². The van der Waals surface area contributed by atoms with Crippen molar-refractivity contribution in [1.82, 2.24) is 15.2 Å². The summed E-state index contributed by atoms with van der Waals surface area (Å²) >= 11 is 1.46. The quantitative estimate of drug-likeness (QED) is 0.596. The standard InChI is InChI=1S/C11H10N4OS/c12-5-1-2-7-17-11-15-14-10(16-11)9-4-3-6-13-8-9/h3-4,6,8H,1-2,7H2. The van der Waals surface area contributed by atoms with E-state index in [0.717, 1.165) is 17.7 Å². The lowest BCUT2D eigenvalue weighted by atomic mass is 10.3. The molecular formula is C11H10N4OS. The van der Waals surface area contributed by atoms with Gasteiger partial charge in [0, 0.05) is 24.6 Å². The maximum atomic E-state index is 8.40. The molecule has 0 spiro atoms. The van der Waals surface area contributed by atoms with Gasteiger partial charge in [0.05, 0.1) is 11.6 Å². The normalized spacial score (nSPS) is 10.1. The van der Waals surface area contributed by atoms with Crippen LogP contribution >= 0.6 is 11.8 Å². The molecule has 0 N–H and O–H groups in total. The minimum atomic E-state index is 0.473. The number of aromatic nitrogens is 3. The Morgan fingerprint density at radius 1 is 1.41 bits per heavy atom. The predicted molar refractivity (Wildman–Crippen MR) is 63.1 cm³/mol. The lowest BCUT2D eigenvalue weighted by Gasteiger charge is -1.92. The van der Waals surface area contributed by atoms with Crippen LogP contribution in [0.4, 0.5) is 0 Å². The largest absolute Gasteiger partial charge is 0.411 e. The molecular weight excluding hydrogens is 236 g/mol. The van der Waals surface area contributed by atoms with E-state index >= 15 is 0 Å². The van der Waals surface area contributed by atoms with Crippen molar-refractivity contribution in [2.24, 2.45) is 0 Å². The monoisotopic (exact) mass is 246 g/mol. The molecule has 0 amide bonds. The number of thioether (sulfide) groups is 1. The van der Waals surface area contributed by atoms with Gasteiger partial charge in [0.25, 0.3) is 5.22 Å². The number of nitrogens with zero attached hydrogens (tertiary/aromatic N) is 4. The molecule has 0 saturated carbocycles. The van der Waals surface area contributed by atoms with Gasteiger partial charge in [0.15, 0.2) is 0 Å². The molecule has 86 valence electrons. The average molecular weight is 246 g/mol. The third kappa shape index (κ3) is 3.29. The first-order chi connectivity index (χ1) is 8.40. The Hall–Kier alpha value is -1.87. The molecule has 6 heteroatoms. The van der Waals surface area contributed by atoms with Crippen LogP contribution in [-0.2, 0) is 0 Å². The summed E-state index contributed by atoms with van der Waals surface area (Å²) < 4.78 is 5.47. The van der Waals surface area contributed by atoms with Gasteiger partial charge in [-0.1, -0.05) is 11.8 Å². The number of nitriles is 1. The van der Waals surface area contributed by atoms with Crippen molar-refractivity contribution in [2.75, 3.05) is 5.75 Å². The molecule has 0 unspecified atom stereocenters. The van der Waals surface area contributed by atoms with Crippen LogP contribution in [0.2, 0.25) is 0 Å². The van der Waals surface area contributed by atoms with Crippen molar-refractivity contribution in [3.8, 4) is 17.5 Å². The van der Waals surface area contributed by atoms with E-state index in [1.54, 1.807) is 12.4 Å². The average Bonchev–Trinajstić information content (AvgIpc) is 2.85. The second-order valence-electron chi connectivity index (χ2n) is 3.22. The second kappa shape index (κ2) is 6.01. The first-order valence-corrected chi connectivity index (χ1v) is 6.12. The van der Waals surface area contributed by atoms with Gasteiger partial charge in [-0.2, -0.15) is 5.26 Å². The molecule has 0 atom stereocenters. The molecule has 2 rings (SSSR count). The first-order valence-electron chi connectivity index (χ1n) is 5.14. The summed E-state index contributed by atoms with van der Waals surface area (Å²) in [6.45, 7) is 0. The van der Waals surface area contributed by atoms with Crippen LogP contribution in [0.1, 0.15) is 12.8 Å². The summed E-state index contributed by atoms with van der Waals surface area (Å²) in [5.74, 6) is 1.28. The Bertz CT molecular complexity index is 506. The van der Waals surface area contributed by atoms with Gasteiger partial charge in [-0.15, -0.1) is 10.2 Å². The van der Waals surface area contributed by atoms with Crippen LogP contribution < -0.4 is 0 Å². The van der Waals surface area contributed by atoms with Crippen molar-refractivity contribution in [3.63, 3.8) is 0 Å². The van der Waals surface area contributed by atoms with Crippen LogP contribution in [0.15, 0.2) is 34.2 Å². The van der Waals surface area contributed by atoms with Gasteiger partial charge in [-0.25, -0.2) is 0 Å². The third-order valence-electron chi connectivity index (χ3n) is 1.97. The number of rotatable bonds is 5. The Morgan fingerprint density at radius 2 is 2.35 bits per heavy atom. The first kappa shape index (κ1) is 11.6. The SMILES string of the molecule is N#CCCCSc1nnc(-c2cccnc2)o1. The maximum Gasteiger partial charge on any atom is 0.276 e. The Kier molecular flexibility index (Phi) is 4.11. The minimum Gasteiger partial charge on any atom is -0.411 e. The number of hydrogen-bond donors (Lipinski definition) is 0. The van der Waals surface area contributed by atoms with Gasteiger partial charge in [0.1, 0.15) is 0 Å². The predicted octanol–water partition coefficient (Wildman–Crippen LogP) is 2.53. The van der Waals surface area contributed by atoms with Gasteiger partial charge in [-0.05, 0) is 18.6 Å². The van der Waals surface area contributed by atoms with Crippen LogP contribution in [0.3, 0.4) is 0 Å². The van der Waals surface area contributed by atoms with E-state index in [0.29, 0.717) is 17.5 Å². The highest BCUT2D eigenvalue weighted by Crippen LogP contribution is 2.22. The van der Waals surface area contributed by atoms with E-state index in [4.69, 9.17) is 9.68 Å². The van der Waals surface area contributed by atoms with Gasteiger partial charge < -0.3 is 4.42 Å². The molecule has 17 heavy (non-hydrogen) atoms. The van der Waals surface area contributed by atoms with Crippen molar-refractivity contribution in [2.45, 2.75) is 18.1 Å². The number of unbranched alkanes of at least 4 members (excludes halogenated alkanes) is 1. The number of pyridine rings is 1. The van der Waals surface area contributed by atoms with E-state index in [9.17, 15) is 0 Å². The molecule has 2 aromatic heterocycles. The second-order valence-corrected chi connectivity index (χ2v) is 4.27. The molecule has 2 heterocycles. The molecule has 0 aliphatic heterocycles. The summed E-state index contributed by atoms with van der Waals surface area (Å²) in [6, 6.07) is 5.78. The van der Waals surface area contributed by atoms with E-state index in [1.165, 1.54) is 11.8 Å². The van der Waals surface area contributed by atoms with Crippen LogP contribution in [-0.4, -0.2) is 20.9 Å².